The van der Waals surface area contributed by atoms with Crippen LogP contribution in [0.1, 0.15) is 70.4 Å². The molecule has 1 heterocycles. The van der Waals surface area contributed by atoms with Gasteiger partial charge in [0.2, 0.25) is 0 Å². The molecule has 175 valence electrons. The summed E-state index contributed by atoms with van der Waals surface area (Å²) in [6.07, 6.45) is 5.90. The first-order valence-electron chi connectivity index (χ1n) is 12.2. The summed E-state index contributed by atoms with van der Waals surface area (Å²) in [7, 11) is 1.76. The molecule has 0 aromatic heterocycles. The largest absolute Gasteiger partial charge is 0.497 e. The van der Waals surface area contributed by atoms with E-state index >= 15 is 0 Å². The van der Waals surface area contributed by atoms with E-state index in [1.165, 1.54) is 29.7 Å². The number of methoxy groups -OCH3 is 1. The molecule has 1 radical (unpaired) electrons. The zero-order valence-electron chi connectivity index (χ0n) is 20.8. The zero-order chi connectivity index (χ0) is 23.1. The third kappa shape index (κ3) is 7.18. The molecule has 0 saturated carbocycles. The molecule has 1 fully saturated rings. The Hall–Kier alpha value is -2.16. The van der Waals surface area contributed by atoms with E-state index in [9.17, 15) is 0 Å². The van der Waals surface area contributed by atoms with E-state index in [0.717, 1.165) is 50.5 Å². The third-order valence-corrected chi connectivity index (χ3v) is 6.53. The first-order valence-corrected chi connectivity index (χ1v) is 12.2. The van der Waals surface area contributed by atoms with Crippen molar-refractivity contribution in [2.24, 2.45) is 11.3 Å². The van der Waals surface area contributed by atoms with Gasteiger partial charge in [0.1, 0.15) is 11.5 Å². The molecular weight excluding hydrogens is 394 g/mol. The van der Waals surface area contributed by atoms with Gasteiger partial charge < -0.3 is 14.4 Å². The van der Waals surface area contributed by atoms with Crippen molar-refractivity contribution in [3.05, 3.63) is 60.5 Å². The summed E-state index contributed by atoms with van der Waals surface area (Å²) in [5, 5.41) is 0. The Kier molecular flexibility index (Phi) is 8.51. The number of nitrogens with zero attached hydrogens (tertiary/aromatic N) is 1. The molecule has 1 aliphatic heterocycles. The summed E-state index contributed by atoms with van der Waals surface area (Å²) >= 11 is 0. The Balaban J connectivity index is 1.57. The summed E-state index contributed by atoms with van der Waals surface area (Å²) in [5.74, 6) is 2.79. The molecule has 3 nitrogen and oxygen atoms in total. The molecule has 3 rings (SSSR count). The van der Waals surface area contributed by atoms with Gasteiger partial charge in [0.05, 0.1) is 13.7 Å². The molecule has 1 atom stereocenters. The van der Waals surface area contributed by atoms with Crippen LogP contribution in [0.2, 0.25) is 0 Å². The SMILES string of the molecule is [CH2][C@H](C)c1cccc(OCC2CCN(c3cc(OC)ccc3CCCC(C)(C)C)CC2)c1. The monoisotopic (exact) mass is 436 g/mol. The van der Waals surface area contributed by atoms with Crippen molar-refractivity contribution < 1.29 is 9.47 Å². The maximum atomic E-state index is 6.16. The minimum absolute atomic E-state index is 0.280. The molecule has 0 bridgehead atoms. The summed E-state index contributed by atoms with van der Waals surface area (Å²) in [6.45, 7) is 16.1. The molecule has 0 N–H and O–H groups in total. The van der Waals surface area contributed by atoms with E-state index in [-0.39, 0.29) is 5.92 Å². The summed E-state index contributed by atoms with van der Waals surface area (Å²) < 4.78 is 11.7. The highest BCUT2D eigenvalue weighted by Gasteiger charge is 2.22. The molecular formula is C29H42NO2. The summed E-state index contributed by atoms with van der Waals surface area (Å²) in [6, 6.07) is 15.0. The number of rotatable bonds is 9. The smallest absolute Gasteiger partial charge is 0.120 e. The highest BCUT2D eigenvalue weighted by molar-refractivity contribution is 5.57. The van der Waals surface area contributed by atoms with Crippen molar-refractivity contribution in [3.8, 4) is 11.5 Å². The van der Waals surface area contributed by atoms with E-state index in [1.54, 1.807) is 7.11 Å². The fourth-order valence-electron chi connectivity index (χ4n) is 4.45. The summed E-state index contributed by atoms with van der Waals surface area (Å²) in [4.78, 5) is 2.55. The van der Waals surface area contributed by atoms with Gasteiger partial charge in [-0.3, -0.25) is 0 Å². The first kappa shape index (κ1) is 24.5. The molecule has 0 spiro atoms. The van der Waals surface area contributed by atoms with Crippen molar-refractivity contribution in [2.45, 2.75) is 65.7 Å². The number of anilines is 1. The Labute approximate surface area is 196 Å². The Morgan fingerprint density at radius 3 is 2.47 bits per heavy atom. The van der Waals surface area contributed by atoms with Gasteiger partial charge in [-0.15, -0.1) is 0 Å². The fourth-order valence-corrected chi connectivity index (χ4v) is 4.45. The highest BCUT2D eigenvalue weighted by atomic mass is 16.5. The number of ether oxygens (including phenoxy) is 2. The minimum atomic E-state index is 0.280. The Morgan fingerprint density at radius 2 is 1.81 bits per heavy atom. The van der Waals surface area contributed by atoms with Gasteiger partial charge in [0, 0.05) is 24.8 Å². The van der Waals surface area contributed by atoms with Crippen LogP contribution in [-0.2, 0) is 6.42 Å². The van der Waals surface area contributed by atoms with E-state index in [2.05, 4.69) is 82.0 Å². The Morgan fingerprint density at radius 1 is 1.06 bits per heavy atom. The number of piperidine rings is 1. The average molecular weight is 437 g/mol. The van der Waals surface area contributed by atoms with Gasteiger partial charge in [0.25, 0.3) is 0 Å². The van der Waals surface area contributed by atoms with Gasteiger partial charge in [-0.2, -0.15) is 0 Å². The molecule has 0 unspecified atom stereocenters. The van der Waals surface area contributed by atoms with Crippen LogP contribution in [0, 0.1) is 18.3 Å². The Bertz CT molecular complexity index is 844. The summed E-state index contributed by atoms with van der Waals surface area (Å²) in [5.41, 5.74) is 4.42. The zero-order valence-corrected chi connectivity index (χ0v) is 20.8. The lowest BCUT2D eigenvalue weighted by Crippen LogP contribution is -2.36. The maximum Gasteiger partial charge on any atom is 0.120 e. The van der Waals surface area contributed by atoms with Crippen LogP contribution in [-0.4, -0.2) is 26.8 Å². The van der Waals surface area contributed by atoms with Gasteiger partial charge in [-0.25, -0.2) is 0 Å². The molecule has 1 aliphatic rings. The fraction of sp³-hybridized carbons (Fsp3) is 0.552. The van der Waals surface area contributed by atoms with Crippen LogP contribution < -0.4 is 14.4 Å². The average Bonchev–Trinajstić information content (AvgIpc) is 2.77. The number of benzene rings is 2. The molecule has 2 aromatic rings. The molecule has 3 heteroatoms. The van der Waals surface area contributed by atoms with Crippen LogP contribution in [0.15, 0.2) is 42.5 Å². The molecule has 1 saturated heterocycles. The highest BCUT2D eigenvalue weighted by Crippen LogP contribution is 2.32. The second kappa shape index (κ2) is 11.1. The lowest BCUT2D eigenvalue weighted by molar-refractivity contribution is 0.222. The number of hydrogen-bond donors (Lipinski definition) is 0. The second-order valence-electron chi connectivity index (χ2n) is 10.6. The number of aryl methyl sites for hydroxylation is 1. The quantitative estimate of drug-likeness (QED) is 0.412. The van der Waals surface area contributed by atoms with Crippen molar-refractivity contribution in [1.29, 1.82) is 0 Å². The van der Waals surface area contributed by atoms with Crippen molar-refractivity contribution in [2.75, 3.05) is 31.7 Å². The predicted octanol–water partition coefficient (Wildman–Crippen LogP) is 7.30. The molecule has 0 aliphatic carbocycles. The van der Waals surface area contributed by atoms with Crippen molar-refractivity contribution >= 4 is 5.69 Å². The minimum Gasteiger partial charge on any atom is -0.497 e. The van der Waals surface area contributed by atoms with E-state index in [4.69, 9.17) is 9.47 Å². The second-order valence-corrected chi connectivity index (χ2v) is 10.6. The van der Waals surface area contributed by atoms with Crippen LogP contribution in [0.25, 0.3) is 0 Å². The van der Waals surface area contributed by atoms with Gasteiger partial charge in [0.15, 0.2) is 0 Å². The standard InChI is InChI=1S/C29H42NO2/c1-22(2)25-9-7-11-27(19-25)32-21-23-14-17-30(18-15-23)28-20-26(31-6)13-12-24(28)10-8-16-29(3,4)5/h7,9,11-13,19-20,22-23H,1,8,10,14-18,21H2,2-6H3/t22-/m1/s1. The lowest BCUT2D eigenvalue weighted by atomic mass is 9.88. The van der Waals surface area contributed by atoms with Crippen molar-refractivity contribution in [3.63, 3.8) is 0 Å². The predicted molar refractivity (Wildman–Crippen MR) is 136 cm³/mol. The van der Waals surface area contributed by atoms with E-state index in [1.807, 2.05) is 0 Å². The molecule has 0 amide bonds. The van der Waals surface area contributed by atoms with Gasteiger partial charge in [-0.1, -0.05) is 45.9 Å². The first-order chi connectivity index (χ1) is 15.2. The maximum absolute atomic E-state index is 6.16. The van der Waals surface area contributed by atoms with Crippen LogP contribution >= 0.6 is 0 Å². The van der Waals surface area contributed by atoms with Gasteiger partial charge in [-0.05, 0) is 85.6 Å². The van der Waals surface area contributed by atoms with Crippen LogP contribution in [0.5, 0.6) is 11.5 Å². The van der Waals surface area contributed by atoms with Crippen LogP contribution in [0.4, 0.5) is 5.69 Å². The number of hydrogen-bond acceptors (Lipinski definition) is 3. The lowest BCUT2D eigenvalue weighted by Gasteiger charge is -2.35. The van der Waals surface area contributed by atoms with Crippen molar-refractivity contribution in [1.82, 2.24) is 0 Å². The topological polar surface area (TPSA) is 21.7 Å². The molecule has 32 heavy (non-hydrogen) atoms. The van der Waals surface area contributed by atoms with E-state index < -0.39 is 0 Å². The third-order valence-electron chi connectivity index (χ3n) is 6.53. The van der Waals surface area contributed by atoms with Gasteiger partial charge >= 0.3 is 0 Å². The van der Waals surface area contributed by atoms with E-state index in [0.29, 0.717) is 11.3 Å². The molecule has 2 aromatic carbocycles. The normalized spacial score (nSPS) is 15.3. The van der Waals surface area contributed by atoms with Crippen LogP contribution in [0.3, 0.4) is 0 Å².